The first-order valence-electron chi connectivity index (χ1n) is 6.59. The van der Waals surface area contributed by atoms with E-state index in [1.807, 2.05) is 0 Å². The predicted molar refractivity (Wildman–Crippen MR) is 77.3 cm³/mol. The molecule has 0 spiro atoms. The Labute approximate surface area is 124 Å². The van der Waals surface area contributed by atoms with Gasteiger partial charge < -0.3 is 10.1 Å². The zero-order chi connectivity index (χ0) is 15.5. The van der Waals surface area contributed by atoms with Crippen LogP contribution in [0, 0.1) is 5.92 Å². The van der Waals surface area contributed by atoms with Crippen molar-refractivity contribution in [2.75, 3.05) is 33.1 Å². The van der Waals surface area contributed by atoms with Gasteiger partial charge in [0, 0.05) is 32.4 Å². The highest BCUT2D eigenvalue weighted by Crippen LogP contribution is 2.17. The van der Waals surface area contributed by atoms with E-state index in [0.717, 1.165) is 0 Å². The first-order valence-corrected chi connectivity index (χ1v) is 8.20. The summed E-state index contributed by atoms with van der Waals surface area (Å²) < 4.78 is 30.4. The Kier molecular flexibility index (Phi) is 4.92. The van der Waals surface area contributed by atoms with Gasteiger partial charge in [-0.3, -0.25) is 9.78 Å². The molecule has 2 heterocycles. The fourth-order valence-electron chi connectivity index (χ4n) is 2.09. The fourth-order valence-corrected chi connectivity index (χ4v) is 3.26. The molecule has 2 atom stereocenters. The summed E-state index contributed by atoms with van der Waals surface area (Å²) in [4.78, 5) is 16.0. The van der Waals surface area contributed by atoms with Crippen molar-refractivity contribution in [1.82, 2.24) is 14.6 Å². The van der Waals surface area contributed by atoms with E-state index in [9.17, 15) is 13.2 Å². The molecule has 2 rings (SSSR count). The minimum absolute atomic E-state index is 0.0437. The van der Waals surface area contributed by atoms with Crippen molar-refractivity contribution in [1.29, 1.82) is 0 Å². The highest BCUT2D eigenvalue weighted by molar-refractivity contribution is 7.89. The molecule has 0 saturated carbocycles. The Bertz CT molecular complexity index is 589. The first kappa shape index (κ1) is 15.9. The van der Waals surface area contributed by atoms with E-state index >= 15 is 0 Å². The van der Waals surface area contributed by atoms with Gasteiger partial charge in [0.25, 0.3) is 5.91 Å². The average Bonchev–Trinajstić information content (AvgIpc) is 2.86. The highest BCUT2D eigenvalue weighted by Gasteiger charge is 2.34. The number of ether oxygens (including phenoxy) is 1. The minimum Gasteiger partial charge on any atom is -0.379 e. The normalized spacial score (nSPS) is 22.4. The minimum atomic E-state index is -3.33. The summed E-state index contributed by atoms with van der Waals surface area (Å²) in [5, 5.41) is 2.82. The van der Waals surface area contributed by atoms with Gasteiger partial charge in [-0.25, -0.2) is 12.7 Å². The van der Waals surface area contributed by atoms with Crippen LogP contribution in [0.4, 0.5) is 0 Å². The molecule has 1 N–H and O–H groups in total. The molecule has 0 aromatic carbocycles. The quantitative estimate of drug-likeness (QED) is 0.807. The summed E-state index contributed by atoms with van der Waals surface area (Å²) in [5.41, 5.74) is 0.443. The van der Waals surface area contributed by atoms with E-state index in [0.29, 0.717) is 18.8 Å². The second-order valence-corrected chi connectivity index (χ2v) is 7.41. The van der Waals surface area contributed by atoms with Gasteiger partial charge in [0.2, 0.25) is 10.0 Å². The van der Waals surface area contributed by atoms with Crippen molar-refractivity contribution in [3.63, 3.8) is 0 Å². The van der Waals surface area contributed by atoms with Crippen LogP contribution < -0.4 is 5.32 Å². The molecule has 1 aromatic heterocycles. The first-order chi connectivity index (χ1) is 9.90. The lowest BCUT2D eigenvalue weighted by atomic mass is 10.1. The number of nitrogens with zero attached hydrogens (tertiary/aromatic N) is 2. The summed E-state index contributed by atoms with van der Waals surface area (Å²) in [7, 11) is -0.336. The molecule has 7 nitrogen and oxygen atoms in total. The van der Waals surface area contributed by atoms with Crippen LogP contribution >= 0.6 is 0 Å². The third-order valence-electron chi connectivity index (χ3n) is 3.42. The van der Waals surface area contributed by atoms with Crippen LogP contribution in [-0.4, -0.2) is 62.7 Å². The van der Waals surface area contributed by atoms with Gasteiger partial charge >= 0.3 is 0 Å². The van der Waals surface area contributed by atoms with E-state index in [4.69, 9.17) is 4.74 Å². The van der Waals surface area contributed by atoms with E-state index < -0.39 is 10.0 Å². The van der Waals surface area contributed by atoms with Crippen molar-refractivity contribution in [2.45, 2.75) is 6.04 Å². The van der Waals surface area contributed by atoms with Gasteiger partial charge in [-0.15, -0.1) is 0 Å². The summed E-state index contributed by atoms with van der Waals surface area (Å²) in [6.45, 7) is 0.644. The molecule has 1 aliphatic rings. The van der Waals surface area contributed by atoms with Crippen LogP contribution in [0.5, 0.6) is 0 Å². The smallest absolute Gasteiger partial charge is 0.253 e. The summed E-state index contributed by atoms with van der Waals surface area (Å²) in [5.74, 6) is -0.568. The van der Waals surface area contributed by atoms with Crippen LogP contribution in [0.15, 0.2) is 24.5 Å². The molecule has 1 fully saturated rings. The molecule has 0 aliphatic carbocycles. The Morgan fingerprint density at radius 1 is 1.48 bits per heavy atom. The van der Waals surface area contributed by atoms with E-state index in [-0.39, 0.29) is 23.6 Å². The maximum atomic E-state index is 12.1. The van der Waals surface area contributed by atoms with Crippen LogP contribution in [0.25, 0.3) is 0 Å². The SMILES string of the molecule is CN(C)S(=O)(=O)C[C@@H]1COC[C@H]1NC(=O)c1cccnc1. The Morgan fingerprint density at radius 2 is 2.24 bits per heavy atom. The molecule has 21 heavy (non-hydrogen) atoms. The maximum absolute atomic E-state index is 12.1. The summed E-state index contributed by atoms with van der Waals surface area (Å²) >= 11 is 0. The number of carbonyl (C=O) groups is 1. The lowest BCUT2D eigenvalue weighted by molar-refractivity contribution is 0.0925. The standard InChI is InChI=1S/C13H19N3O4S/c1-16(2)21(18,19)9-11-7-20-8-12(11)15-13(17)10-4-3-5-14-6-10/h3-6,11-12H,7-9H2,1-2H3,(H,15,17)/t11-,12+/m0/s1. The lowest BCUT2D eigenvalue weighted by Gasteiger charge is -2.21. The van der Waals surface area contributed by atoms with Crippen molar-refractivity contribution >= 4 is 15.9 Å². The molecule has 8 heteroatoms. The van der Waals surface area contributed by atoms with E-state index in [1.54, 1.807) is 18.3 Å². The molecule has 0 radical (unpaired) electrons. The number of carbonyl (C=O) groups excluding carboxylic acids is 1. The van der Waals surface area contributed by atoms with E-state index in [2.05, 4.69) is 10.3 Å². The second-order valence-electron chi connectivity index (χ2n) is 5.18. The Morgan fingerprint density at radius 3 is 2.86 bits per heavy atom. The van der Waals surface area contributed by atoms with Crippen molar-refractivity contribution in [2.24, 2.45) is 5.92 Å². The maximum Gasteiger partial charge on any atom is 0.253 e. The number of hydrogen-bond acceptors (Lipinski definition) is 5. The number of sulfonamides is 1. The summed E-state index contributed by atoms with van der Waals surface area (Å²) in [6, 6.07) is 3.02. The Hall–Kier alpha value is -1.51. The zero-order valence-corrected chi connectivity index (χ0v) is 12.8. The molecule has 1 aromatic rings. The average molecular weight is 313 g/mol. The molecule has 1 aliphatic heterocycles. The molecule has 116 valence electrons. The fraction of sp³-hybridized carbons (Fsp3) is 0.538. The molecular weight excluding hydrogens is 294 g/mol. The molecule has 1 amide bonds. The van der Waals surface area contributed by atoms with Crippen molar-refractivity contribution in [3.8, 4) is 0 Å². The number of aromatic nitrogens is 1. The van der Waals surface area contributed by atoms with Gasteiger partial charge in [-0.05, 0) is 12.1 Å². The second kappa shape index (κ2) is 6.50. The number of rotatable bonds is 5. The molecule has 1 saturated heterocycles. The van der Waals surface area contributed by atoms with Crippen LogP contribution in [-0.2, 0) is 14.8 Å². The van der Waals surface area contributed by atoms with Gasteiger partial charge in [0.05, 0.1) is 30.6 Å². The van der Waals surface area contributed by atoms with E-state index in [1.165, 1.54) is 24.6 Å². The number of nitrogens with one attached hydrogen (secondary N) is 1. The lowest BCUT2D eigenvalue weighted by Crippen LogP contribution is -2.43. The van der Waals surface area contributed by atoms with Gasteiger partial charge in [-0.1, -0.05) is 0 Å². The predicted octanol–water partition coefficient (Wildman–Crippen LogP) is -0.282. The number of amides is 1. The number of hydrogen-bond donors (Lipinski definition) is 1. The van der Waals surface area contributed by atoms with Gasteiger partial charge in [-0.2, -0.15) is 0 Å². The number of pyridine rings is 1. The van der Waals surface area contributed by atoms with Gasteiger partial charge in [0.15, 0.2) is 0 Å². The molecule has 0 unspecified atom stereocenters. The third-order valence-corrected chi connectivity index (χ3v) is 5.38. The highest BCUT2D eigenvalue weighted by atomic mass is 32.2. The van der Waals surface area contributed by atoms with Crippen LogP contribution in [0.3, 0.4) is 0 Å². The molecular formula is C13H19N3O4S. The van der Waals surface area contributed by atoms with Gasteiger partial charge in [0.1, 0.15) is 0 Å². The monoisotopic (exact) mass is 313 g/mol. The molecule has 0 bridgehead atoms. The van der Waals surface area contributed by atoms with Crippen molar-refractivity contribution in [3.05, 3.63) is 30.1 Å². The largest absolute Gasteiger partial charge is 0.379 e. The van der Waals surface area contributed by atoms with Crippen molar-refractivity contribution < 1.29 is 17.9 Å². The van der Waals surface area contributed by atoms with Crippen LogP contribution in [0.2, 0.25) is 0 Å². The summed E-state index contributed by atoms with van der Waals surface area (Å²) in [6.07, 6.45) is 3.05. The Balaban J connectivity index is 2.01. The van der Waals surface area contributed by atoms with Crippen LogP contribution in [0.1, 0.15) is 10.4 Å². The third kappa shape index (κ3) is 3.99. The zero-order valence-electron chi connectivity index (χ0n) is 12.0. The topological polar surface area (TPSA) is 88.6 Å².